The molecular formula is C10H10N2O2S2. The number of sulfonamides is 1. The molecule has 1 N–H and O–H groups in total. The van der Waals surface area contributed by atoms with E-state index < -0.39 is 10.0 Å². The number of pyridine rings is 1. The summed E-state index contributed by atoms with van der Waals surface area (Å²) in [5.74, 6) is 0. The molecule has 0 aliphatic rings. The molecule has 0 radical (unpaired) electrons. The average Bonchev–Trinajstić information content (AvgIpc) is 2.69. The van der Waals surface area contributed by atoms with Gasteiger partial charge in [0.1, 0.15) is 4.21 Å². The smallest absolute Gasteiger partial charge is 0.271 e. The molecule has 2 rings (SSSR count). The summed E-state index contributed by atoms with van der Waals surface area (Å²) in [6.07, 6.45) is 3.15. The molecule has 0 fully saturated rings. The molecule has 0 bridgehead atoms. The number of rotatable bonds is 3. The summed E-state index contributed by atoms with van der Waals surface area (Å²) in [7, 11) is -3.46. The maximum atomic E-state index is 11.8. The van der Waals surface area contributed by atoms with E-state index in [1.54, 1.807) is 29.8 Å². The molecule has 0 saturated carbocycles. The second kappa shape index (κ2) is 4.23. The van der Waals surface area contributed by atoms with Crippen molar-refractivity contribution in [2.24, 2.45) is 0 Å². The molecule has 0 amide bonds. The lowest BCUT2D eigenvalue weighted by atomic mass is 10.3. The first-order chi connectivity index (χ1) is 7.58. The monoisotopic (exact) mass is 254 g/mol. The number of aryl methyl sites for hydroxylation is 1. The van der Waals surface area contributed by atoms with Gasteiger partial charge < -0.3 is 0 Å². The minimum absolute atomic E-state index is 0.300. The van der Waals surface area contributed by atoms with Gasteiger partial charge in [-0.05, 0) is 30.0 Å². The number of thiophene rings is 1. The first-order valence-electron chi connectivity index (χ1n) is 4.56. The minimum atomic E-state index is -3.46. The normalized spacial score (nSPS) is 11.3. The highest BCUT2D eigenvalue weighted by Gasteiger charge is 2.14. The van der Waals surface area contributed by atoms with Crippen LogP contribution in [0.25, 0.3) is 0 Å². The van der Waals surface area contributed by atoms with Crippen LogP contribution in [0.3, 0.4) is 0 Å². The van der Waals surface area contributed by atoms with Gasteiger partial charge in [-0.25, -0.2) is 8.42 Å². The summed E-state index contributed by atoms with van der Waals surface area (Å²) >= 11 is 1.18. The van der Waals surface area contributed by atoms with E-state index in [1.807, 2.05) is 6.92 Å². The van der Waals surface area contributed by atoms with Gasteiger partial charge in [-0.1, -0.05) is 6.07 Å². The van der Waals surface area contributed by atoms with Crippen LogP contribution in [-0.2, 0) is 10.0 Å². The average molecular weight is 254 g/mol. The number of nitrogens with zero attached hydrogens (tertiary/aromatic N) is 1. The number of hydrogen-bond acceptors (Lipinski definition) is 4. The zero-order chi connectivity index (χ0) is 11.6. The second-order valence-corrected chi connectivity index (χ2v) is 6.15. The molecule has 2 heterocycles. The first kappa shape index (κ1) is 11.1. The molecule has 0 saturated heterocycles. The molecule has 2 aromatic rings. The zero-order valence-corrected chi connectivity index (χ0v) is 10.2. The van der Waals surface area contributed by atoms with E-state index in [0.717, 1.165) is 5.56 Å². The predicted molar refractivity (Wildman–Crippen MR) is 64.1 cm³/mol. The van der Waals surface area contributed by atoms with Gasteiger partial charge in [-0.3, -0.25) is 9.71 Å². The Kier molecular flexibility index (Phi) is 2.93. The van der Waals surface area contributed by atoms with Gasteiger partial charge in [0.05, 0.1) is 11.9 Å². The lowest BCUT2D eigenvalue weighted by Gasteiger charge is -2.05. The third kappa shape index (κ3) is 2.40. The van der Waals surface area contributed by atoms with Crippen LogP contribution in [-0.4, -0.2) is 13.4 Å². The van der Waals surface area contributed by atoms with Crippen LogP contribution in [0.15, 0.2) is 40.2 Å². The minimum Gasteiger partial charge on any atom is -0.277 e. The lowest BCUT2D eigenvalue weighted by Crippen LogP contribution is -2.11. The van der Waals surface area contributed by atoms with Gasteiger partial charge in [0.2, 0.25) is 0 Å². The first-order valence-corrected chi connectivity index (χ1v) is 6.92. The van der Waals surface area contributed by atoms with Crippen LogP contribution >= 0.6 is 11.3 Å². The fourth-order valence-electron chi connectivity index (χ4n) is 1.23. The molecule has 84 valence electrons. The zero-order valence-electron chi connectivity index (χ0n) is 8.54. The molecule has 16 heavy (non-hydrogen) atoms. The van der Waals surface area contributed by atoms with Crippen molar-refractivity contribution < 1.29 is 8.42 Å². The molecule has 0 unspecified atom stereocenters. The summed E-state index contributed by atoms with van der Waals surface area (Å²) in [5, 5.41) is 1.73. The maximum Gasteiger partial charge on any atom is 0.271 e. The van der Waals surface area contributed by atoms with Crippen molar-refractivity contribution in [2.45, 2.75) is 11.1 Å². The van der Waals surface area contributed by atoms with Crippen LogP contribution in [0, 0.1) is 6.92 Å². The van der Waals surface area contributed by atoms with Crippen molar-refractivity contribution in [3.8, 4) is 0 Å². The molecule has 6 heteroatoms. The molecule has 0 aliphatic heterocycles. The number of aromatic nitrogens is 1. The highest BCUT2D eigenvalue weighted by molar-refractivity contribution is 7.94. The van der Waals surface area contributed by atoms with Gasteiger partial charge in [-0.15, -0.1) is 11.3 Å². The second-order valence-electron chi connectivity index (χ2n) is 3.29. The van der Waals surface area contributed by atoms with Crippen molar-refractivity contribution in [3.63, 3.8) is 0 Å². The third-order valence-corrected chi connectivity index (χ3v) is 4.67. The number of anilines is 1. The van der Waals surface area contributed by atoms with E-state index >= 15 is 0 Å². The Balaban J connectivity index is 2.29. The Bertz CT molecular complexity index is 577. The fraction of sp³-hybridized carbons (Fsp3) is 0.100. The van der Waals surface area contributed by atoms with Crippen LogP contribution in [0.5, 0.6) is 0 Å². The molecule has 0 atom stereocenters. The SMILES string of the molecule is Cc1cncc(NS(=O)(=O)c2cccs2)c1. The van der Waals surface area contributed by atoms with Gasteiger partial charge in [0.25, 0.3) is 10.0 Å². The van der Waals surface area contributed by atoms with Crippen LogP contribution < -0.4 is 4.72 Å². The van der Waals surface area contributed by atoms with Crippen molar-refractivity contribution >= 4 is 27.0 Å². The lowest BCUT2D eigenvalue weighted by molar-refractivity contribution is 0.603. The molecule has 0 aromatic carbocycles. The van der Waals surface area contributed by atoms with E-state index in [-0.39, 0.29) is 0 Å². The van der Waals surface area contributed by atoms with Crippen molar-refractivity contribution in [3.05, 3.63) is 41.5 Å². The topological polar surface area (TPSA) is 59.1 Å². The molecule has 2 aromatic heterocycles. The highest BCUT2D eigenvalue weighted by Crippen LogP contribution is 2.19. The molecule has 0 aliphatic carbocycles. The summed E-state index contributed by atoms with van der Waals surface area (Å²) in [6.45, 7) is 1.86. The van der Waals surface area contributed by atoms with Crippen LogP contribution in [0.2, 0.25) is 0 Å². The van der Waals surface area contributed by atoms with Crippen molar-refractivity contribution in [1.82, 2.24) is 4.98 Å². The molecular weight excluding hydrogens is 244 g/mol. The number of hydrogen-bond donors (Lipinski definition) is 1. The van der Waals surface area contributed by atoms with E-state index in [2.05, 4.69) is 9.71 Å². The summed E-state index contributed by atoms with van der Waals surface area (Å²) in [5.41, 5.74) is 1.39. The summed E-state index contributed by atoms with van der Waals surface area (Å²) < 4.78 is 26.5. The standard InChI is InChI=1S/C10H10N2O2S2/c1-8-5-9(7-11-6-8)12-16(13,14)10-3-2-4-15-10/h2-7,12H,1H3. The van der Waals surface area contributed by atoms with Gasteiger partial charge in [0.15, 0.2) is 0 Å². The number of nitrogens with one attached hydrogen (secondary N) is 1. The van der Waals surface area contributed by atoms with Gasteiger partial charge >= 0.3 is 0 Å². The van der Waals surface area contributed by atoms with E-state index in [1.165, 1.54) is 17.5 Å². The van der Waals surface area contributed by atoms with Crippen LogP contribution in [0.1, 0.15) is 5.56 Å². The van der Waals surface area contributed by atoms with Crippen LogP contribution in [0.4, 0.5) is 5.69 Å². The Labute approximate surface area is 98.0 Å². The Hall–Kier alpha value is -1.40. The summed E-state index contributed by atoms with van der Waals surface area (Å²) in [6, 6.07) is 5.00. The predicted octanol–water partition coefficient (Wildman–Crippen LogP) is 2.25. The molecule has 0 spiro atoms. The van der Waals surface area contributed by atoms with Crippen molar-refractivity contribution in [2.75, 3.05) is 4.72 Å². The maximum absolute atomic E-state index is 11.8. The van der Waals surface area contributed by atoms with Gasteiger partial charge in [-0.2, -0.15) is 0 Å². The highest BCUT2D eigenvalue weighted by atomic mass is 32.2. The van der Waals surface area contributed by atoms with E-state index in [9.17, 15) is 8.42 Å². The van der Waals surface area contributed by atoms with E-state index in [0.29, 0.717) is 9.90 Å². The van der Waals surface area contributed by atoms with E-state index in [4.69, 9.17) is 0 Å². The quantitative estimate of drug-likeness (QED) is 0.914. The largest absolute Gasteiger partial charge is 0.277 e. The third-order valence-electron chi connectivity index (χ3n) is 1.89. The fourth-order valence-corrected chi connectivity index (χ4v) is 3.26. The van der Waals surface area contributed by atoms with Gasteiger partial charge in [0, 0.05) is 6.20 Å². The summed E-state index contributed by atoms with van der Waals surface area (Å²) in [4.78, 5) is 3.93. The Morgan fingerprint density at radius 3 is 2.81 bits per heavy atom. The Morgan fingerprint density at radius 1 is 1.38 bits per heavy atom. The Morgan fingerprint density at radius 2 is 2.19 bits per heavy atom. The molecule has 4 nitrogen and oxygen atoms in total. The van der Waals surface area contributed by atoms with Crippen molar-refractivity contribution in [1.29, 1.82) is 0 Å².